The Labute approximate surface area is 257 Å². The monoisotopic (exact) mass is 682 g/mol. The number of hydrogen-bond acceptors (Lipinski definition) is 12. The molecule has 7 heterocycles. The van der Waals surface area contributed by atoms with Crippen LogP contribution in [0, 0.1) is 12.7 Å². The molecule has 0 amide bonds. The van der Waals surface area contributed by atoms with E-state index in [1.54, 1.807) is 6.92 Å². The fourth-order valence-electron chi connectivity index (χ4n) is 5.72. The molecule has 0 saturated carbocycles. The van der Waals surface area contributed by atoms with Crippen molar-refractivity contribution in [2.24, 2.45) is 0 Å². The molecule has 240 valence electrons. The van der Waals surface area contributed by atoms with Gasteiger partial charge in [-0.25, -0.2) is 23.1 Å². The van der Waals surface area contributed by atoms with Crippen molar-refractivity contribution in [1.82, 2.24) is 29.1 Å². The van der Waals surface area contributed by atoms with E-state index in [0.717, 1.165) is 23.4 Å². The second-order valence-corrected chi connectivity index (χ2v) is 13.9. The Kier molecular flexibility index (Phi) is 7.76. The van der Waals surface area contributed by atoms with Gasteiger partial charge in [0, 0.05) is 11.9 Å². The molecule has 4 unspecified atom stereocenters. The van der Waals surface area contributed by atoms with E-state index in [9.17, 15) is 23.1 Å². The minimum absolute atomic E-state index is 0.0130. The number of nitrogens with one attached hydrogen (secondary N) is 2. The van der Waals surface area contributed by atoms with Gasteiger partial charge in [-0.15, -0.1) is 0 Å². The number of H-pyrrole nitrogens is 2. The van der Waals surface area contributed by atoms with E-state index in [2.05, 4.69) is 19.9 Å². The highest BCUT2D eigenvalue weighted by Gasteiger charge is 2.53. The zero-order valence-corrected chi connectivity index (χ0v) is 25.2. The highest BCUT2D eigenvalue weighted by Crippen LogP contribution is 2.54. The number of aryl methyl sites for hydroxylation is 1. The Morgan fingerprint density at radius 3 is 2.13 bits per heavy atom. The molecule has 0 bridgehead atoms. The number of pyridine rings is 1. The SMILES string of the molecule is [B]P1(=O)OC[C@H]2O[C@@H](n3cc(F)c4c(=O)[nH]cnc43)C(F)[C@H]2OP([B])(=O)OC[C@H]2O[C@@H](n3cnc4c(=O)[nH]c(C)cc43)[C@@H](F)C2O1. The second-order valence-electron chi connectivity index (χ2n) is 10.8. The molecule has 3 saturated heterocycles. The zero-order chi connectivity index (χ0) is 32.7. The van der Waals surface area contributed by atoms with Crippen molar-refractivity contribution in [3.63, 3.8) is 0 Å². The van der Waals surface area contributed by atoms with Crippen LogP contribution in [0.25, 0.3) is 22.1 Å². The largest absolute Gasteiger partial charge is 0.346 e. The van der Waals surface area contributed by atoms with Crippen molar-refractivity contribution in [2.45, 2.75) is 56.1 Å². The van der Waals surface area contributed by atoms with Gasteiger partial charge in [0.05, 0.1) is 31.4 Å². The van der Waals surface area contributed by atoms with Gasteiger partial charge < -0.3 is 42.1 Å². The number of fused-ring (bicyclic) bond motifs is 4. The molecule has 23 heteroatoms. The Hall–Kier alpha value is -3.02. The number of hydrogen-bond donors (Lipinski definition) is 2. The third kappa shape index (κ3) is 5.42. The number of imidazole rings is 1. The van der Waals surface area contributed by atoms with Crippen LogP contribution in [0.2, 0.25) is 0 Å². The van der Waals surface area contributed by atoms with E-state index in [1.807, 2.05) is 0 Å². The van der Waals surface area contributed by atoms with Gasteiger partial charge >= 0.3 is 0 Å². The first-order valence-electron chi connectivity index (χ1n) is 13.6. The fraction of sp³-hybridized carbons (Fsp3) is 0.478. The first kappa shape index (κ1) is 31.6. The quantitative estimate of drug-likeness (QED) is 0.231. The first-order valence-corrected chi connectivity index (χ1v) is 16.8. The molecule has 10 atom stereocenters. The molecule has 2 N–H and O–H groups in total. The van der Waals surface area contributed by atoms with E-state index >= 15 is 8.78 Å². The lowest BCUT2D eigenvalue weighted by molar-refractivity contribution is -0.0547. The van der Waals surface area contributed by atoms with Crippen molar-refractivity contribution in [3.05, 3.63) is 57.1 Å². The summed E-state index contributed by atoms with van der Waals surface area (Å²) in [6.07, 6.45) is -11.4. The van der Waals surface area contributed by atoms with Crippen LogP contribution >= 0.6 is 14.9 Å². The van der Waals surface area contributed by atoms with Crippen LogP contribution in [-0.4, -0.2) is 94.2 Å². The van der Waals surface area contributed by atoms with Crippen LogP contribution in [0.15, 0.2) is 34.5 Å². The molecular weight excluding hydrogens is 661 g/mol. The highest BCUT2D eigenvalue weighted by molar-refractivity contribution is 7.79. The standard InChI is InChI=1S/C23H21B2F3N6O10P2/c1-8-2-10-16(21(36)32-8)31-7-34(10)23-15(28)18-12(42-23)5-40-45(24,37)43-17-11(4-39-46(25,38)44-18)41-22(14(17)27)33-3-9(26)13-19(33)29-6-30-20(13)35/h2-3,6-7,11-12,14-15,17-18,22-23H,4-5H2,1H3,(H,32,36)(H,29,30,35)/t11-,12-,14?,15+,17+,18?,22-,23-,45?,46?/m1/s1. The minimum atomic E-state index is -4.70. The van der Waals surface area contributed by atoms with Crippen molar-refractivity contribution in [3.8, 4) is 0 Å². The number of nitrogens with zero attached hydrogens (tertiary/aromatic N) is 4. The summed E-state index contributed by atoms with van der Waals surface area (Å²) >= 11 is 0. The van der Waals surface area contributed by atoms with Crippen LogP contribution in [0.4, 0.5) is 13.2 Å². The predicted molar refractivity (Wildman–Crippen MR) is 151 cm³/mol. The van der Waals surface area contributed by atoms with E-state index in [1.165, 1.54) is 10.6 Å². The fourth-order valence-corrected chi connectivity index (χ4v) is 7.74. The second kappa shape index (κ2) is 11.3. The summed E-state index contributed by atoms with van der Waals surface area (Å²) in [6, 6.07) is 1.53. The van der Waals surface area contributed by atoms with E-state index < -0.39 is 99.7 Å². The summed E-state index contributed by atoms with van der Waals surface area (Å²) in [7, 11) is 2.19. The molecule has 7 rings (SSSR count). The number of halogens is 3. The van der Waals surface area contributed by atoms with Crippen molar-refractivity contribution < 1.29 is 49.9 Å². The third-order valence-corrected chi connectivity index (χ3v) is 9.83. The smallest absolute Gasteiger partial charge is 0.276 e. The molecule has 46 heavy (non-hydrogen) atoms. The molecule has 4 radical (unpaired) electrons. The molecule has 3 aliphatic rings. The van der Waals surface area contributed by atoms with Gasteiger partial charge in [0.25, 0.3) is 26.1 Å². The Bertz CT molecular complexity index is 2060. The lowest BCUT2D eigenvalue weighted by Gasteiger charge is -2.29. The average Bonchev–Trinajstić information content (AvgIpc) is 3.71. The van der Waals surface area contributed by atoms with Gasteiger partial charge in [-0.3, -0.25) is 23.3 Å². The van der Waals surface area contributed by atoms with Crippen molar-refractivity contribution in [2.75, 3.05) is 13.2 Å². The normalized spacial score (nSPS) is 37.1. The number of rotatable bonds is 2. The summed E-state index contributed by atoms with van der Waals surface area (Å²) in [4.78, 5) is 37.1. The average molecular weight is 682 g/mol. The number of alkyl halides is 2. The molecule has 16 nitrogen and oxygen atoms in total. The van der Waals surface area contributed by atoms with Crippen LogP contribution in [0.5, 0.6) is 0 Å². The summed E-state index contributed by atoms with van der Waals surface area (Å²) in [6.45, 7) is -0.0238. The first-order chi connectivity index (χ1) is 21.7. The molecular formula is C23H21B2F3N6O10P2. The van der Waals surface area contributed by atoms with Gasteiger partial charge in [-0.05, 0) is 13.0 Å². The van der Waals surface area contributed by atoms with Gasteiger partial charge in [-0.1, -0.05) is 0 Å². The maximum absolute atomic E-state index is 16.0. The maximum Gasteiger partial charge on any atom is 0.276 e. The number of aromatic nitrogens is 6. The van der Waals surface area contributed by atoms with Crippen LogP contribution in [-0.2, 0) is 36.7 Å². The number of ether oxygens (including phenoxy) is 2. The van der Waals surface area contributed by atoms with Gasteiger partial charge in [0.2, 0.25) is 15.1 Å². The number of aromatic amines is 2. The van der Waals surface area contributed by atoms with Crippen molar-refractivity contribution >= 4 is 52.1 Å². The summed E-state index contributed by atoms with van der Waals surface area (Å²) in [5, 5.41) is -0.481. The van der Waals surface area contributed by atoms with Crippen LogP contribution < -0.4 is 11.1 Å². The van der Waals surface area contributed by atoms with Gasteiger partial charge in [-0.2, -0.15) is 0 Å². The van der Waals surface area contributed by atoms with E-state index in [-0.39, 0.29) is 16.7 Å². The molecule has 0 aromatic carbocycles. The summed E-state index contributed by atoms with van der Waals surface area (Å²) in [5.41, 5.74) is -1.02. The Morgan fingerprint density at radius 2 is 1.52 bits per heavy atom. The maximum atomic E-state index is 16.0. The predicted octanol–water partition coefficient (Wildman–Crippen LogP) is 1.75. The Morgan fingerprint density at radius 1 is 0.935 bits per heavy atom. The minimum Gasteiger partial charge on any atom is -0.346 e. The van der Waals surface area contributed by atoms with E-state index in [4.69, 9.17) is 42.7 Å². The molecule has 0 aliphatic carbocycles. The van der Waals surface area contributed by atoms with Gasteiger partial charge in [0.1, 0.15) is 29.8 Å². The van der Waals surface area contributed by atoms with Crippen LogP contribution in [0.3, 0.4) is 0 Å². The topological polar surface area (TPSA) is 191 Å². The highest BCUT2D eigenvalue weighted by atomic mass is 31.2. The molecule has 3 aliphatic heterocycles. The zero-order valence-electron chi connectivity index (χ0n) is 23.4. The summed E-state index contributed by atoms with van der Waals surface area (Å²) < 4.78 is 108. The molecule has 3 fully saturated rings. The van der Waals surface area contributed by atoms with Crippen molar-refractivity contribution in [1.29, 1.82) is 0 Å². The summed E-state index contributed by atoms with van der Waals surface area (Å²) in [5.74, 6) is -1.04. The van der Waals surface area contributed by atoms with E-state index in [0.29, 0.717) is 5.69 Å². The lowest BCUT2D eigenvalue weighted by Crippen LogP contribution is -2.37. The Balaban J connectivity index is 1.18. The molecule has 4 aromatic rings. The lowest BCUT2D eigenvalue weighted by atomic mass is 10.1. The molecule has 0 spiro atoms. The van der Waals surface area contributed by atoms with Gasteiger partial charge in [0.15, 0.2) is 41.8 Å². The van der Waals surface area contributed by atoms with Crippen LogP contribution in [0.1, 0.15) is 18.1 Å². The molecule has 4 aromatic heterocycles. The third-order valence-electron chi connectivity index (χ3n) is 7.74.